The third-order valence-electron chi connectivity index (χ3n) is 5.41. The van der Waals surface area contributed by atoms with Gasteiger partial charge in [0.05, 0.1) is 12.1 Å². The average molecular weight is 403 g/mol. The monoisotopic (exact) mass is 402 g/mol. The molecule has 0 saturated carbocycles. The number of aryl methyl sites for hydroxylation is 1. The molecular formula is C23H31ClN2O2. The van der Waals surface area contributed by atoms with Crippen LogP contribution in [0.1, 0.15) is 36.5 Å². The van der Waals surface area contributed by atoms with E-state index in [1.807, 2.05) is 12.1 Å². The molecule has 1 atom stereocenters. The Morgan fingerprint density at radius 2 is 1.96 bits per heavy atom. The third-order valence-corrected chi connectivity index (χ3v) is 5.69. The topological polar surface area (TPSA) is 33.7 Å². The Bertz CT molecular complexity index is 764. The van der Waals surface area contributed by atoms with Crippen LogP contribution in [-0.4, -0.2) is 37.7 Å². The molecule has 2 aromatic rings. The van der Waals surface area contributed by atoms with Crippen molar-refractivity contribution in [1.29, 1.82) is 0 Å². The van der Waals surface area contributed by atoms with Crippen LogP contribution in [0.4, 0.5) is 0 Å². The standard InChI is InChI=1S/C23H31ClN2O2/c1-4-26-11-5-6-20(26)15-25-14-19-12-21(24)23(22(13-19)27-3)28-16-18-9-7-17(2)8-10-18/h7-10,12-13,20,25H,4-6,11,14-16H2,1-3H3. The molecule has 152 valence electrons. The van der Waals surface area contributed by atoms with E-state index in [0.29, 0.717) is 29.2 Å². The number of hydrogen-bond donors (Lipinski definition) is 1. The number of benzene rings is 2. The Labute approximate surface area is 173 Å². The quantitative estimate of drug-likeness (QED) is 0.652. The fourth-order valence-corrected chi connectivity index (χ4v) is 4.07. The minimum atomic E-state index is 0.461. The Morgan fingerprint density at radius 1 is 1.18 bits per heavy atom. The first-order valence-electron chi connectivity index (χ1n) is 10.1. The number of likely N-dealkylation sites (N-methyl/N-ethyl adjacent to an activating group) is 1. The van der Waals surface area contributed by atoms with Crippen molar-refractivity contribution in [2.75, 3.05) is 26.7 Å². The summed E-state index contributed by atoms with van der Waals surface area (Å²) in [5.74, 6) is 1.27. The smallest absolute Gasteiger partial charge is 0.180 e. The van der Waals surface area contributed by atoms with E-state index in [2.05, 4.69) is 48.3 Å². The molecule has 1 N–H and O–H groups in total. The molecule has 1 unspecified atom stereocenters. The maximum Gasteiger partial charge on any atom is 0.180 e. The zero-order chi connectivity index (χ0) is 19.9. The van der Waals surface area contributed by atoms with Crippen LogP contribution in [0, 0.1) is 6.92 Å². The highest BCUT2D eigenvalue weighted by Gasteiger charge is 2.22. The van der Waals surface area contributed by atoms with Crippen LogP contribution in [0.3, 0.4) is 0 Å². The summed E-state index contributed by atoms with van der Waals surface area (Å²) < 4.78 is 11.5. The molecule has 4 nitrogen and oxygen atoms in total. The van der Waals surface area contributed by atoms with Gasteiger partial charge in [-0.1, -0.05) is 48.4 Å². The van der Waals surface area contributed by atoms with E-state index in [9.17, 15) is 0 Å². The number of ether oxygens (including phenoxy) is 2. The number of hydrogen-bond acceptors (Lipinski definition) is 4. The normalized spacial score (nSPS) is 17.1. The molecule has 0 aliphatic carbocycles. The molecule has 0 radical (unpaired) electrons. The fourth-order valence-electron chi connectivity index (χ4n) is 3.78. The lowest BCUT2D eigenvalue weighted by Gasteiger charge is -2.23. The summed E-state index contributed by atoms with van der Waals surface area (Å²) in [6.45, 7) is 8.88. The van der Waals surface area contributed by atoms with Gasteiger partial charge in [-0.05, 0) is 56.1 Å². The first-order chi connectivity index (χ1) is 13.6. The lowest BCUT2D eigenvalue weighted by molar-refractivity contribution is 0.260. The van der Waals surface area contributed by atoms with E-state index in [1.165, 1.54) is 24.9 Å². The van der Waals surface area contributed by atoms with E-state index >= 15 is 0 Å². The van der Waals surface area contributed by atoms with Crippen LogP contribution in [0.15, 0.2) is 36.4 Å². The van der Waals surface area contributed by atoms with Crippen molar-refractivity contribution in [3.63, 3.8) is 0 Å². The third kappa shape index (κ3) is 5.40. The van der Waals surface area contributed by atoms with Crippen LogP contribution < -0.4 is 14.8 Å². The van der Waals surface area contributed by atoms with E-state index in [-0.39, 0.29) is 0 Å². The van der Waals surface area contributed by atoms with Crippen molar-refractivity contribution in [2.45, 2.75) is 45.9 Å². The number of nitrogens with one attached hydrogen (secondary N) is 1. The van der Waals surface area contributed by atoms with Crippen molar-refractivity contribution < 1.29 is 9.47 Å². The number of likely N-dealkylation sites (tertiary alicyclic amines) is 1. The lowest BCUT2D eigenvalue weighted by atomic mass is 10.1. The maximum absolute atomic E-state index is 6.52. The van der Waals surface area contributed by atoms with Gasteiger partial charge >= 0.3 is 0 Å². The molecule has 0 bridgehead atoms. The van der Waals surface area contributed by atoms with Gasteiger partial charge in [0.25, 0.3) is 0 Å². The average Bonchev–Trinajstić information content (AvgIpc) is 3.15. The Balaban J connectivity index is 1.59. The van der Waals surface area contributed by atoms with Crippen molar-refractivity contribution in [2.24, 2.45) is 0 Å². The fraction of sp³-hybridized carbons (Fsp3) is 0.478. The second-order valence-corrected chi connectivity index (χ2v) is 7.85. The van der Waals surface area contributed by atoms with E-state index in [0.717, 1.165) is 30.8 Å². The molecule has 0 spiro atoms. The van der Waals surface area contributed by atoms with Crippen molar-refractivity contribution in [1.82, 2.24) is 10.2 Å². The summed E-state index contributed by atoms with van der Waals surface area (Å²) >= 11 is 6.52. The molecule has 0 aromatic heterocycles. The van der Waals surface area contributed by atoms with Crippen LogP contribution in [0.25, 0.3) is 0 Å². The van der Waals surface area contributed by atoms with Gasteiger partial charge in [0.15, 0.2) is 11.5 Å². The molecule has 3 rings (SSSR count). The second-order valence-electron chi connectivity index (χ2n) is 7.44. The number of rotatable bonds is 9. The van der Waals surface area contributed by atoms with Crippen LogP contribution >= 0.6 is 11.6 Å². The molecule has 1 fully saturated rings. The summed E-state index contributed by atoms with van der Waals surface area (Å²) in [6.07, 6.45) is 2.57. The molecule has 5 heteroatoms. The van der Waals surface area contributed by atoms with Gasteiger partial charge in [0, 0.05) is 19.1 Å². The first-order valence-corrected chi connectivity index (χ1v) is 10.5. The highest BCUT2D eigenvalue weighted by Crippen LogP contribution is 2.37. The molecule has 1 aliphatic rings. The van der Waals surface area contributed by atoms with E-state index in [1.54, 1.807) is 7.11 Å². The molecule has 1 saturated heterocycles. The summed E-state index contributed by atoms with van der Waals surface area (Å²) in [6, 6.07) is 12.9. The number of methoxy groups -OCH3 is 1. The predicted molar refractivity (Wildman–Crippen MR) is 115 cm³/mol. The summed E-state index contributed by atoms with van der Waals surface area (Å²) in [4.78, 5) is 2.54. The minimum absolute atomic E-state index is 0.461. The number of nitrogens with zero attached hydrogens (tertiary/aromatic N) is 1. The van der Waals surface area contributed by atoms with Crippen LogP contribution in [0.5, 0.6) is 11.5 Å². The Hall–Kier alpha value is -1.75. The zero-order valence-electron chi connectivity index (χ0n) is 17.1. The zero-order valence-corrected chi connectivity index (χ0v) is 17.9. The first kappa shape index (κ1) is 21.0. The van der Waals surface area contributed by atoms with Crippen molar-refractivity contribution >= 4 is 11.6 Å². The highest BCUT2D eigenvalue weighted by atomic mass is 35.5. The SMILES string of the molecule is CCN1CCCC1CNCc1cc(Cl)c(OCc2ccc(C)cc2)c(OC)c1. The molecule has 2 aromatic carbocycles. The van der Waals surface area contributed by atoms with Gasteiger partial charge in [-0.15, -0.1) is 0 Å². The Kier molecular flexibility index (Phi) is 7.60. The second kappa shape index (κ2) is 10.1. The minimum Gasteiger partial charge on any atom is -0.493 e. The van der Waals surface area contributed by atoms with Crippen molar-refractivity contribution in [3.05, 3.63) is 58.1 Å². The molecule has 28 heavy (non-hydrogen) atoms. The highest BCUT2D eigenvalue weighted by molar-refractivity contribution is 6.32. The Morgan fingerprint density at radius 3 is 2.68 bits per heavy atom. The van der Waals surface area contributed by atoms with Gasteiger partial charge in [-0.3, -0.25) is 4.90 Å². The molecular weight excluding hydrogens is 372 g/mol. The van der Waals surface area contributed by atoms with E-state index < -0.39 is 0 Å². The van der Waals surface area contributed by atoms with Gasteiger partial charge in [0.2, 0.25) is 0 Å². The molecule has 1 heterocycles. The van der Waals surface area contributed by atoms with Crippen LogP contribution in [0.2, 0.25) is 5.02 Å². The van der Waals surface area contributed by atoms with Crippen LogP contribution in [-0.2, 0) is 13.2 Å². The lowest BCUT2D eigenvalue weighted by Crippen LogP contribution is -2.37. The summed E-state index contributed by atoms with van der Waals surface area (Å²) in [7, 11) is 1.65. The predicted octanol–water partition coefficient (Wildman–Crippen LogP) is 4.81. The number of halogens is 1. The molecule has 0 amide bonds. The largest absolute Gasteiger partial charge is 0.493 e. The van der Waals surface area contributed by atoms with E-state index in [4.69, 9.17) is 21.1 Å². The van der Waals surface area contributed by atoms with Gasteiger partial charge in [0.1, 0.15) is 6.61 Å². The van der Waals surface area contributed by atoms with Gasteiger partial charge < -0.3 is 14.8 Å². The molecule has 1 aliphatic heterocycles. The van der Waals surface area contributed by atoms with Gasteiger partial charge in [-0.2, -0.15) is 0 Å². The summed E-state index contributed by atoms with van der Waals surface area (Å²) in [5, 5.41) is 4.16. The van der Waals surface area contributed by atoms with Gasteiger partial charge in [-0.25, -0.2) is 0 Å². The summed E-state index contributed by atoms with van der Waals surface area (Å²) in [5.41, 5.74) is 3.44. The van der Waals surface area contributed by atoms with Crippen molar-refractivity contribution in [3.8, 4) is 11.5 Å². The maximum atomic E-state index is 6.52.